The zero-order valence-electron chi connectivity index (χ0n) is 18.9. The molecule has 2 aliphatic rings. The molecule has 8 heteroatoms. The fourth-order valence-corrected chi connectivity index (χ4v) is 5.10. The average Bonchev–Trinajstić information content (AvgIpc) is 3.16. The van der Waals surface area contributed by atoms with Crippen molar-refractivity contribution >= 4 is 29.1 Å². The first-order chi connectivity index (χ1) is 16.9. The Morgan fingerprint density at radius 1 is 0.743 bits per heavy atom. The summed E-state index contributed by atoms with van der Waals surface area (Å²) in [7, 11) is 0. The summed E-state index contributed by atoms with van der Waals surface area (Å²) in [6.07, 6.45) is 0.140. The van der Waals surface area contributed by atoms with Crippen LogP contribution < -0.4 is 4.90 Å². The second-order valence-corrected chi connectivity index (χ2v) is 9.28. The highest BCUT2D eigenvalue weighted by Gasteiger charge is 2.43. The van der Waals surface area contributed by atoms with Crippen LogP contribution >= 0.6 is 11.6 Å². The summed E-state index contributed by atoms with van der Waals surface area (Å²) in [5.41, 5.74) is 2.35. The molecule has 0 N–H and O–H groups in total. The third kappa shape index (κ3) is 4.85. The minimum absolute atomic E-state index is 0.140. The van der Waals surface area contributed by atoms with Gasteiger partial charge in [-0.2, -0.15) is 0 Å². The first-order valence-corrected chi connectivity index (χ1v) is 11.9. The zero-order valence-corrected chi connectivity index (χ0v) is 19.7. The zero-order chi connectivity index (χ0) is 24.5. The summed E-state index contributed by atoms with van der Waals surface area (Å²) in [6, 6.07) is 18.7. The smallest absolute Gasteiger partial charge is 0.251 e. The van der Waals surface area contributed by atoms with Gasteiger partial charge in [-0.25, -0.2) is 13.7 Å². The maximum absolute atomic E-state index is 13.6. The lowest BCUT2D eigenvalue weighted by Crippen LogP contribution is -2.53. The molecule has 1 unspecified atom stereocenters. The molecule has 5 rings (SSSR count). The number of rotatable bonds is 5. The van der Waals surface area contributed by atoms with Crippen LogP contribution in [0.3, 0.4) is 0 Å². The van der Waals surface area contributed by atoms with Gasteiger partial charge in [-0.3, -0.25) is 19.4 Å². The van der Waals surface area contributed by atoms with Crippen LogP contribution in [0.4, 0.5) is 14.5 Å². The van der Waals surface area contributed by atoms with Gasteiger partial charge in [-0.15, -0.1) is 0 Å². The minimum atomic E-state index is -0.504. The van der Waals surface area contributed by atoms with E-state index in [9.17, 15) is 18.4 Å². The number of nitrogens with zero attached hydrogens (tertiary/aromatic N) is 3. The van der Waals surface area contributed by atoms with Crippen molar-refractivity contribution in [3.8, 4) is 0 Å². The number of hydrogen-bond donors (Lipinski definition) is 0. The first kappa shape index (κ1) is 23.6. The number of imide groups is 1. The van der Waals surface area contributed by atoms with Crippen LogP contribution in [0.1, 0.15) is 23.6 Å². The van der Waals surface area contributed by atoms with Gasteiger partial charge in [0.2, 0.25) is 5.91 Å². The quantitative estimate of drug-likeness (QED) is 0.483. The van der Waals surface area contributed by atoms with E-state index in [1.54, 1.807) is 48.5 Å². The van der Waals surface area contributed by atoms with Gasteiger partial charge in [0.25, 0.3) is 5.91 Å². The van der Waals surface area contributed by atoms with E-state index < -0.39 is 6.04 Å². The fraction of sp³-hybridized carbons (Fsp3) is 0.259. The van der Waals surface area contributed by atoms with Crippen LogP contribution in [-0.4, -0.2) is 53.8 Å². The fourth-order valence-electron chi connectivity index (χ4n) is 4.97. The Labute approximate surface area is 207 Å². The van der Waals surface area contributed by atoms with E-state index >= 15 is 0 Å². The number of carbonyl (C=O) groups excluding carboxylic acids is 2. The Balaban J connectivity index is 1.32. The summed E-state index contributed by atoms with van der Waals surface area (Å²) >= 11 is 5.95. The Morgan fingerprint density at radius 3 is 1.77 bits per heavy atom. The van der Waals surface area contributed by atoms with Gasteiger partial charge < -0.3 is 0 Å². The monoisotopic (exact) mass is 495 g/mol. The standard InChI is InChI=1S/C27H24ClF2N3O2/c28-20-5-11-23(12-6-20)33-25(34)17-24(27(33)35)31-13-15-32(16-14-31)26(18-1-7-21(29)8-2-18)19-3-9-22(30)10-4-19/h1-12,24,26H,13-17H2. The van der Waals surface area contributed by atoms with Crippen LogP contribution in [0, 0.1) is 11.6 Å². The normalized spacial score (nSPS) is 19.7. The van der Waals surface area contributed by atoms with E-state index in [1.165, 1.54) is 29.2 Å². The molecule has 180 valence electrons. The van der Waals surface area contributed by atoms with Crippen LogP contribution in [0.15, 0.2) is 72.8 Å². The Bertz CT molecular complexity index is 1170. The Kier molecular flexibility index (Phi) is 6.65. The van der Waals surface area contributed by atoms with Crippen LogP contribution in [0.25, 0.3) is 0 Å². The van der Waals surface area contributed by atoms with Crippen LogP contribution in [0.5, 0.6) is 0 Å². The second kappa shape index (κ2) is 9.85. The molecule has 5 nitrogen and oxygen atoms in total. The van der Waals surface area contributed by atoms with Gasteiger partial charge in [0, 0.05) is 31.2 Å². The van der Waals surface area contributed by atoms with Gasteiger partial charge >= 0.3 is 0 Å². The number of benzene rings is 3. The van der Waals surface area contributed by atoms with E-state index in [2.05, 4.69) is 9.80 Å². The van der Waals surface area contributed by atoms with Gasteiger partial charge in [0.1, 0.15) is 11.6 Å². The molecule has 0 aromatic heterocycles. The lowest BCUT2D eigenvalue weighted by atomic mass is 9.96. The highest BCUT2D eigenvalue weighted by Crippen LogP contribution is 2.32. The summed E-state index contributed by atoms with van der Waals surface area (Å²) in [4.78, 5) is 31.4. The molecule has 3 aromatic carbocycles. The highest BCUT2D eigenvalue weighted by molar-refractivity contribution is 6.30. The molecule has 2 aliphatic heterocycles. The minimum Gasteiger partial charge on any atom is -0.290 e. The maximum Gasteiger partial charge on any atom is 0.251 e. The van der Waals surface area contributed by atoms with Gasteiger partial charge in [0.15, 0.2) is 0 Å². The third-order valence-electron chi connectivity index (χ3n) is 6.73. The molecule has 2 fully saturated rings. The van der Waals surface area contributed by atoms with Gasteiger partial charge in [0.05, 0.1) is 24.2 Å². The van der Waals surface area contributed by atoms with Crippen molar-refractivity contribution in [2.75, 3.05) is 31.1 Å². The van der Waals surface area contributed by atoms with Gasteiger partial charge in [-0.05, 0) is 59.7 Å². The summed E-state index contributed by atoms with van der Waals surface area (Å²) < 4.78 is 27.1. The second-order valence-electron chi connectivity index (χ2n) is 8.84. The van der Waals surface area contributed by atoms with E-state index in [1.807, 2.05) is 0 Å². The lowest BCUT2D eigenvalue weighted by molar-refractivity contribution is -0.123. The number of amides is 2. The number of hydrogen-bond acceptors (Lipinski definition) is 4. The van der Waals surface area contributed by atoms with E-state index in [4.69, 9.17) is 11.6 Å². The van der Waals surface area contributed by atoms with Gasteiger partial charge in [-0.1, -0.05) is 35.9 Å². The Morgan fingerprint density at radius 2 is 1.26 bits per heavy atom. The molecule has 0 radical (unpaired) electrons. The Hall–Kier alpha value is -3.13. The molecule has 2 amide bonds. The van der Waals surface area contributed by atoms with Crippen molar-refractivity contribution < 1.29 is 18.4 Å². The van der Waals surface area contributed by atoms with Crippen molar-refractivity contribution in [2.45, 2.75) is 18.5 Å². The molecule has 2 heterocycles. The van der Waals surface area contributed by atoms with Crippen molar-refractivity contribution in [3.63, 3.8) is 0 Å². The number of piperazine rings is 1. The SMILES string of the molecule is O=C1CC(N2CCN(C(c3ccc(F)cc3)c3ccc(F)cc3)CC2)C(=O)N1c1ccc(Cl)cc1. The predicted octanol–water partition coefficient (Wildman–Crippen LogP) is 4.66. The molecular weight excluding hydrogens is 472 g/mol. The van der Waals surface area contributed by atoms with E-state index in [-0.39, 0.29) is 35.9 Å². The molecule has 0 saturated carbocycles. The highest BCUT2D eigenvalue weighted by atomic mass is 35.5. The molecule has 1 atom stereocenters. The predicted molar refractivity (Wildman–Crippen MR) is 130 cm³/mol. The molecular formula is C27H24ClF2N3O2. The van der Waals surface area contributed by atoms with Crippen molar-refractivity contribution in [1.82, 2.24) is 9.80 Å². The maximum atomic E-state index is 13.6. The summed E-state index contributed by atoms with van der Waals surface area (Å²) in [6.45, 7) is 2.46. The molecule has 3 aromatic rings. The van der Waals surface area contributed by atoms with Crippen molar-refractivity contribution in [1.29, 1.82) is 0 Å². The molecule has 2 saturated heterocycles. The van der Waals surface area contributed by atoms with E-state index in [0.717, 1.165) is 11.1 Å². The first-order valence-electron chi connectivity index (χ1n) is 11.5. The molecule has 0 spiro atoms. The largest absolute Gasteiger partial charge is 0.290 e. The number of halogens is 3. The van der Waals surface area contributed by atoms with Crippen LogP contribution in [0.2, 0.25) is 5.02 Å². The molecule has 0 bridgehead atoms. The molecule has 0 aliphatic carbocycles. The van der Waals surface area contributed by atoms with Crippen molar-refractivity contribution in [3.05, 3.63) is 101 Å². The average molecular weight is 496 g/mol. The van der Waals surface area contributed by atoms with Crippen molar-refractivity contribution in [2.24, 2.45) is 0 Å². The lowest BCUT2D eigenvalue weighted by Gasteiger charge is -2.41. The number of anilines is 1. The molecule has 35 heavy (non-hydrogen) atoms. The van der Waals surface area contributed by atoms with Crippen LogP contribution in [-0.2, 0) is 9.59 Å². The topological polar surface area (TPSA) is 43.9 Å². The third-order valence-corrected chi connectivity index (χ3v) is 6.99. The number of carbonyl (C=O) groups is 2. The summed E-state index contributed by atoms with van der Waals surface area (Å²) in [5, 5.41) is 0.539. The van der Waals surface area contributed by atoms with E-state index in [0.29, 0.717) is 36.9 Å². The summed E-state index contributed by atoms with van der Waals surface area (Å²) in [5.74, 6) is -1.07.